The highest BCUT2D eigenvalue weighted by Crippen LogP contribution is 2.33. The molecule has 6 heteroatoms. The van der Waals surface area contributed by atoms with E-state index in [0.29, 0.717) is 11.4 Å². The lowest BCUT2D eigenvalue weighted by atomic mass is 10.1. The van der Waals surface area contributed by atoms with Crippen LogP contribution < -0.4 is 4.90 Å². The highest BCUT2D eigenvalue weighted by Gasteiger charge is 2.34. The summed E-state index contributed by atoms with van der Waals surface area (Å²) < 4.78 is 1.12. The van der Waals surface area contributed by atoms with Crippen molar-refractivity contribution in [1.82, 2.24) is 4.90 Å². The van der Waals surface area contributed by atoms with Crippen LogP contribution in [0.3, 0.4) is 0 Å². The van der Waals surface area contributed by atoms with E-state index in [1.54, 1.807) is 6.08 Å². The Morgan fingerprint density at radius 3 is 2.28 bits per heavy atom. The van der Waals surface area contributed by atoms with E-state index < -0.39 is 0 Å². The smallest absolute Gasteiger partial charge is 0.293 e. The standard InChI is InChI=1S/C19H17IN2O2S/c1-21(2)16-9-5-13(6-10-16)11-17-18(23)22(19(24)25-17)12-14-3-7-15(20)8-4-14/h3-11H,12H2,1-2H3/b17-11+. The molecule has 1 aliphatic rings. The van der Waals surface area contributed by atoms with Crippen molar-refractivity contribution in [3.8, 4) is 0 Å². The minimum Gasteiger partial charge on any atom is -0.378 e. The predicted octanol–water partition coefficient (Wildman–Crippen LogP) is 4.59. The molecule has 0 unspecified atom stereocenters. The van der Waals surface area contributed by atoms with Crippen molar-refractivity contribution in [3.05, 3.63) is 68.1 Å². The van der Waals surface area contributed by atoms with E-state index in [0.717, 1.165) is 32.1 Å². The summed E-state index contributed by atoms with van der Waals surface area (Å²) in [7, 11) is 3.95. The SMILES string of the molecule is CN(C)c1ccc(/C=C2/SC(=O)N(Cc3ccc(I)cc3)C2=O)cc1. The van der Waals surface area contributed by atoms with E-state index in [1.165, 1.54) is 4.90 Å². The molecule has 0 aromatic heterocycles. The van der Waals surface area contributed by atoms with E-state index >= 15 is 0 Å². The van der Waals surface area contributed by atoms with Crippen molar-refractivity contribution in [2.75, 3.05) is 19.0 Å². The largest absolute Gasteiger partial charge is 0.378 e. The molecule has 0 spiro atoms. The second-order valence-corrected chi connectivity index (χ2v) is 8.12. The number of thioether (sulfide) groups is 1. The minimum atomic E-state index is -0.231. The lowest BCUT2D eigenvalue weighted by molar-refractivity contribution is -0.123. The zero-order valence-corrected chi connectivity index (χ0v) is 16.9. The number of hydrogen-bond donors (Lipinski definition) is 0. The molecule has 0 atom stereocenters. The van der Waals surface area contributed by atoms with Gasteiger partial charge in [0.15, 0.2) is 0 Å². The number of carbonyl (C=O) groups excluding carboxylic acids is 2. The molecule has 3 rings (SSSR count). The molecule has 0 N–H and O–H groups in total. The first-order valence-corrected chi connectivity index (χ1v) is 9.61. The molecule has 1 aliphatic heterocycles. The molecular weight excluding hydrogens is 447 g/mol. The third-order valence-electron chi connectivity index (χ3n) is 3.83. The first-order chi connectivity index (χ1) is 11.9. The topological polar surface area (TPSA) is 40.6 Å². The Balaban J connectivity index is 1.77. The van der Waals surface area contributed by atoms with Gasteiger partial charge in [-0.2, -0.15) is 0 Å². The summed E-state index contributed by atoms with van der Waals surface area (Å²) in [4.78, 5) is 28.6. The van der Waals surface area contributed by atoms with Crippen LogP contribution in [0.1, 0.15) is 11.1 Å². The van der Waals surface area contributed by atoms with E-state index in [9.17, 15) is 9.59 Å². The number of imide groups is 1. The highest BCUT2D eigenvalue weighted by atomic mass is 127. The van der Waals surface area contributed by atoms with Crippen LogP contribution in [0.5, 0.6) is 0 Å². The maximum absolute atomic E-state index is 12.6. The maximum atomic E-state index is 12.6. The van der Waals surface area contributed by atoms with Crippen LogP contribution in [-0.4, -0.2) is 30.1 Å². The summed E-state index contributed by atoms with van der Waals surface area (Å²) in [5.74, 6) is -0.231. The van der Waals surface area contributed by atoms with Crippen molar-refractivity contribution in [1.29, 1.82) is 0 Å². The molecule has 1 heterocycles. The van der Waals surface area contributed by atoms with Gasteiger partial charge in [0, 0.05) is 23.4 Å². The van der Waals surface area contributed by atoms with Crippen LogP contribution in [-0.2, 0) is 11.3 Å². The van der Waals surface area contributed by atoms with Gasteiger partial charge in [-0.15, -0.1) is 0 Å². The number of nitrogens with zero attached hydrogens (tertiary/aromatic N) is 2. The summed E-state index contributed by atoms with van der Waals surface area (Å²) in [5, 5.41) is -0.222. The predicted molar refractivity (Wildman–Crippen MR) is 111 cm³/mol. The molecule has 2 aromatic carbocycles. The number of hydrogen-bond acceptors (Lipinski definition) is 4. The fraction of sp³-hybridized carbons (Fsp3) is 0.158. The third-order valence-corrected chi connectivity index (χ3v) is 5.46. The summed E-state index contributed by atoms with van der Waals surface area (Å²) in [5.41, 5.74) is 2.94. The van der Waals surface area contributed by atoms with Gasteiger partial charge in [-0.3, -0.25) is 14.5 Å². The van der Waals surface area contributed by atoms with Crippen LogP contribution in [0.15, 0.2) is 53.4 Å². The van der Waals surface area contributed by atoms with Crippen LogP contribution in [0.25, 0.3) is 6.08 Å². The Hall–Kier alpha value is -1.80. The average Bonchev–Trinajstić information content (AvgIpc) is 2.85. The first kappa shape index (κ1) is 18.0. The minimum absolute atomic E-state index is 0.222. The monoisotopic (exact) mass is 464 g/mol. The van der Waals surface area contributed by atoms with Gasteiger partial charge in [0.25, 0.3) is 11.1 Å². The number of anilines is 1. The number of benzene rings is 2. The third kappa shape index (κ3) is 4.24. The molecule has 1 saturated heterocycles. The fourth-order valence-electron chi connectivity index (χ4n) is 2.43. The zero-order chi connectivity index (χ0) is 18.0. The van der Waals surface area contributed by atoms with Gasteiger partial charge in [0.1, 0.15) is 0 Å². The summed E-state index contributed by atoms with van der Waals surface area (Å²) in [6.45, 7) is 0.304. The Bertz CT molecular complexity index is 830. The maximum Gasteiger partial charge on any atom is 0.293 e. The summed E-state index contributed by atoms with van der Waals surface area (Å²) in [6, 6.07) is 15.7. The number of halogens is 1. The second-order valence-electron chi connectivity index (χ2n) is 5.88. The molecule has 1 fully saturated rings. The van der Waals surface area contributed by atoms with Gasteiger partial charge in [0.05, 0.1) is 11.4 Å². The van der Waals surface area contributed by atoms with Gasteiger partial charge in [-0.25, -0.2) is 0 Å². The normalized spacial score (nSPS) is 16.0. The summed E-state index contributed by atoms with van der Waals surface area (Å²) in [6.07, 6.45) is 1.78. The number of rotatable bonds is 4. The molecule has 2 aromatic rings. The lowest BCUT2D eigenvalue weighted by Crippen LogP contribution is -2.27. The number of amides is 2. The number of carbonyl (C=O) groups is 2. The molecule has 0 radical (unpaired) electrons. The van der Waals surface area contributed by atoms with Crippen LogP contribution in [0.2, 0.25) is 0 Å². The van der Waals surface area contributed by atoms with Gasteiger partial charge in [-0.05, 0) is 75.8 Å². The Labute approximate surface area is 165 Å². The van der Waals surface area contributed by atoms with Gasteiger partial charge in [0.2, 0.25) is 0 Å². The van der Waals surface area contributed by atoms with Crippen molar-refractivity contribution in [2.45, 2.75) is 6.54 Å². The van der Waals surface area contributed by atoms with Crippen LogP contribution in [0.4, 0.5) is 10.5 Å². The molecular formula is C19H17IN2O2S. The van der Waals surface area contributed by atoms with E-state index in [-0.39, 0.29) is 11.1 Å². The Kier molecular flexibility index (Phi) is 5.48. The van der Waals surface area contributed by atoms with Crippen molar-refractivity contribution in [3.63, 3.8) is 0 Å². The first-order valence-electron chi connectivity index (χ1n) is 7.71. The van der Waals surface area contributed by atoms with Crippen molar-refractivity contribution >= 4 is 57.3 Å². The molecule has 0 bridgehead atoms. The Morgan fingerprint density at radius 1 is 1.04 bits per heavy atom. The van der Waals surface area contributed by atoms with E-state index in [4.69, 9.17) is 0 Å². The van der Waals surface area contributed by atoms with Gasteiger partial charge >= 0.3 is 0 Å². The lowest BCUT2D eigenvalue weighted by Gasteiger charge is -2.12. The molecule has 0 aliphatic carbocycles. The Morgan fingerprint density at radius 2 is 1.68 bits per heavy atom. The quantitative estimate of drug-likeness (QED) is 0.490. The second kappa shape index (κ2) is 7.61. The van der Waals surface area contributed by atoms with E-state index in [2.05, 4.69) is 22.6 Å². The zero-order valence-electron chi connectivity index (χ0n) is 13.9. The van der Waals surface area contributed by atoms with E-state index in [1.807, 2.05) is 67.5 Å². The van der Waals surface area contributed by atoms with Crippen LogP contribution >= 0.6 is 34.4 Å². The molecule has 128 valence electrons. The van der Waals surface area contributed by atoms with Gasteiger partial charge < -0.3 is 4.90 Å². The van der Waals surface area contributed by atoms with Gasteiger partial charge in [-0.1, -0.05) is 24.3 Å². The molecule has 25 heavy (non-hydrogen) atoms. The molecule has 0 saturated carbocycles. The van der Waals surface area contributed by atoms with Crippen LogP contribution in [0, 0.1) is 3.57 Å². The average molecular weight is 464 g/mol. The fourth-order valence-corrected chi connectivity index (χ4v) is 3.63. The van der Waals surface area contributed by atoms with Crippen molar-refractivity contribution in [2.24, 2.45) is 0 Å². The molecule has 2 amide bonds. The van der Waals surface area contributed by atoms with Crippen molar-refractivity contribution < 1.29 is 9.59 Å². The summed E-state index contributed by atoms with van der Waals surface area (Å²) >= 11 is 3.22. The molecule has 4 nitrogen and oxygen atoms in total. The highest BCUT2D eigenvalue weighted by molar-refractivity contribution is 14.1.